The molecule has 1 aliphatic carbocycles. The Kier molecular flexibility index (Phi) is 4.58. The van der Waals surface area contributed by atoms with Crippen LogP contribution in [0.4, 0.5) is 0 Å². The molecule has 1 atom stereocenters. The van der Waals surface area contributed by atoms with E-state index in [2.05, 4.69) is 47.0 Å². The van der Waals surface area contributed by atoms with Crippen molar-refractivity contribution in [3.05, 3.63) is 71.3 Å². The van der Waals surface area contributed by atoms with Crippen LogP contribution in [-0.4, -0.2) is 25.5 Å². The number of amides is 1. The van der Waals surface area contributed by atoms with Gasteiger partial charge in [0.25, 0.3) is 0 Å². The van der Waals surface area contributed by atoms with Crippen LogP contribution in [0.15, 0.2) is 54.6 Å². The lowest BCUT2D eigenvalue weighted by molar-refractivity contribution is -0.127. The lowest BCUT2D eigenvalue weighted by atomic mass is 9.72. The van der Waals surface area contributed by atoms with Crippen molar-refractivity contribution in [2.45, 2.75) is 37.0 Å². The lowest BCUT2D eigenvalue weighted by Crippen LogP contribution is -2.51. The van der Waals surface area contributed by atoms with E-state index >= 15 is 0 Å². The SMILES string of the molecule is O=C(NCC1CCc2ccccc21)C1(c2ccccc2)CCNCC1. The van der Waals surface area contributed by atoms with E-state index in [4.69, 9.17) is 0 Å². The number of carbonyl (C=O) groups excluding carboxylic acids is 1. The van der Waals surface area contributed by atoms with Crippen LogP contribution in [0.1, 0.15) is 41.9 Å². The molecular formula is C22H26N2O. The van der Waals surface area contributed by atoms with Crippen LogP contribution < -0.4 is 10.6 Å². The van der Waals surface area contributed by atoms with Crippen molar-refractivity contribution < 1.29 is 4.79 Å². The van der Waals surface area contributed by atoms with Gasteiger partial charge in [0.1, 0.15) is 0 Å². The number of aryl methyl sites for hydroxylation is 1. The van der Waals surface area contributed by atoms with Gasteiger partial charge >= 0.3 is 0 Å². The fourth-order valence-electron chi connectivity index (χ4n) is 4.50. The van der Waals surface area contributed by atoms with Gasteiger partial charge in [0.05, 0.1) is 5.41 Å². The number of rotatable bonds is 4. The Bertz CT molecular complexity index is 735. The Morgan fingerprint density at radius 2 is 1.76 bits per heavy atom. The second-order valence-corrected chi connectivity index (χ2v) is 7.34. The van der Waals surface area contributed by atoms with Crippen molar-refractivity contribution in [2.75, 3.05) is 19.6 Å². The van der Waals surface area contributed by atoms with Crippen LogP contribution >= 0.6 is 0 Å². The smallest absolute Gasteiger partial charge is 0.230 e. The first-order valence-electron chi connectivity index (χ1n) is 9.42. The highest BCUT2D eigenvalue weighted by atomic mass is 16.2. The van der Waals surface area contributed by atoms with E-state index in [0.29, 0.717) is 5.92 Å². The zero-order chi connectivity index (χ0) is 17.1. The van der Waals surface area contributed by atoms with Crippen molar-refractivity contribution in [3.8, 4) is 0 Å². The number of benzene rings is 2. The Labute approximate surface area is 149 Å². The minimum absolute atomic E-state index is 0.199. The molecule has 25 heavy (non-hydrogen) atoms. The van der Waals surface area contributed by atoms with Crippen LogP contribution in [0.3, 0.4) is 0 Å². The molecule has 1 heterocycles. The maximum absolute atomic E-state index is 13.3. The van der Waals surface area contributed by atoms with Gasteiger partial charge in [0.15, 0.2) is 0 Å². The van der Waals surface area contributed by atoms with Crippen LogP contribution in [0.2, 0.25) is 0 Å². The average molecular weight is 334 g/mol. The molecule has 0 spiro atoms. The van der Waals surface area contributed by atoms with E-state index in [1.165, 1.54) is 11.1 Å². The molecule has 0 saturated carbocycles. The van der Waals surface area contributed by atoms with Gasteiger partial charge in [-0.05, 0) is 55.5 Å². The molecule has 0 aromatic heterocycles. The van der Waals surface area contributed by atoms with Crippen molar-refractivity contribution in [3.63, 3.8) is 0 Å². The van der Waals surface area contributed by atoms with Crippen molar-refractivity contribution in [1.82, 2.24) is 10.6 Å². The van der Waals surface area contributed by atoms with E-state index in [9.17, 15) is 4.79 Å². The molecule has 1 unspecified atom stereocenters. The number of hydrogen-bond donors (Lipinski definition) is 2. The van der Waals surface area contributed by atoms with Crippen LogP contribution in [-0.2, 0) is 16.6 Å². The average Bonchev–Trinajstić information content (AvgIpc) is 3.10. The molecule has 3 heteroatoms. The van der Waals surface area contributed by atoms with Crippen molar-refractivity contribution in [1.29, 1.82) is 0 Å². The topological polar surface area (TPSA) is 41.1 Å². The first-order chi connectivity index (χ1) is 12.3. The van der Waals surface area contributed by atoms with E-state index in [1.54, 1.807) is 0 Å². The minimum Gasteiger partial charge on any atom is -0.355 e. The van der Waals surface area contributed by atoms with Gasteiger partial charge in [0.2, 0.25) is 5.91 Å². The zero-order valence-electron chi connectivity index (χ0n) is 14.6. The Morgan fingerprint density at radius 3 is 2.56 bits per heavy atom. The summed E-state index contributed by atoms with van der Waals surface area (Å²) >= 11 is 0. The largest absolute Gasteiger partial charge is 0.355 e. The fourth-order valence-corrected chi connectivity index (χ4v) is 4.50. The third-order valence-corrected chi connectivity index (χ3v) is 5.98. The fraction of sp³-hybridized carbons (Fsp3) is 0.409. The van der Waals surface area contributed by atoms with Gasteiger partial charge < -0.3 is 10.6 Å². The van der Waals surface area contributed by atoms with Gasteiger partial charge in [-0.25, -0.2) is 0 Å². The lowest BCUT2D eigenvalue weighted by Gasteiger charge is -2.37. The van der Waals surface area contributed by atoms with Crippen molar-refractivity contribution >= 4 is 5.91 Å². The summed E-state index contributed by atoms with van der Waals surface area (Å²) in [7, 11) is 0. The highest BCUT2D eigenvalue weighted by Crippen LogP contribution is 2.35. The molecule has 1 aliphatic heterocycles. The van der Waals surface area contributed by atoms with Crippen LogP contribution in [0.25, 0.3) is 0 Å². The summed E-state index contributed by atoms with van der Waals surface area (Å²) in [4.78, 5) is 13.3. The molecule has 1 amide bonds. The Morgan fingerprint density at radius 1 is 1.04 bits per heavy atom. The molecule has 4 rings (SSSR count). The van der Waals surface area contributed by atoms with Crippen molar-refractivity contribution in [2.24, 2.45) is 0 Å². The summed E-state index contributed by atoms with van der Waals surface area (Å²) in [5.41, 5.74) is 3.63. The summed E-state index contributed by atoms with van der Waals surface area (Å²) in [5, 5.41) is 6.70. The summed E-state index contributed by atoms with van der Waals surface area (Å²) in [6.45, 7) is 2.54. The molecule has 3 nitrogen and oxygen atoms in total. The maximum atomic E-state index is 13.3. The normalized spacial score (nSPS) is 21.5. The zero-order valence-corrected chi connectivity index (χ0v) is 14.6. The van der Waals surface area contributed by atoms with E-state index in [-0.39, 0.29) is 11.3 Å². The number of fused-ring (bicyclic) bond motifs is 1. The molecule has 130 valence electrons. The standard InChI is InChI=1S/C22H26N2O/c25-21(24-16-18-11-10-17-6-4-5-9-20(17)18)22(12-14-23-15-13-22)19-7-2-1-3-8-19/h1-9,18,23H,10-16H2,(H,24,25). The number of nitrogens with one attached hydrogen (secondary N) is 2. The van der Waals surface area contributed by atoms with Crippen LogP contribution in [0, 0.1) is 0 Å². The van der Waals surface area contributed by atoms with E-state index in [1.807, 2.05) is 18.2 Å². The maximum Gasteiger partial charge on any atom is 0.230 e. The monoisotopic (exact) mass is 334 g/mol. The minimum atomic E-state index is -0.384. The summed E-state index contributed by atoms with van der Waals surface area (Å²) in [6, 6.07) is 19.0. The quantitative estimate of drug-likeness (QED) is 0.902. The molecular weight excluding hydrogens is 308 g/mol. The molecule has 2 aromatic carbocycles. The van der Waals surface area contributed by atoms with Gasteiger partial charge in [-0.15, -0.1) is 0 Å². The summed E-state index contributed by atoms with van der Waals surface area (Å²) in [5.74, 6) is 0.652. The third kappa shape index (κ3) is 3.09. The van der Waals surface area contributed by atoms with Crippen LogP contribution in [0.5, 0.6) is 0 Å². The van der Waals surface area contributed by atoms with Gasteiger partial charge in [0, 0.05) is 12.5 Å². The predicted octanol–water partition coefficient (Wildman–Crippen LogP) is 3.15. The summed E-state index contributed by atoms with van der Waals surface area (Å²) in [6.07, 6.45) is 4.00. The molecule has 2 aromatic rings. The molecule has 0 bridgehead atoms. The molecule has 2 aliphatic rings. The highest BCUT2D eigenvalue weighted by Gasteiger charge is 2.41. The molecule has 1 saturated heterocycles. The van der Waals surface area contributed by atoms with E-state index in [0.717, 1.165) is 50.9 Å². The first-order valence-corrected chi connectivity index (χ1v) is 9.42. The second kappa shape index (κ2) is 7.01. The van der Waals surface area contributed by atoms with E-state index < -0.39 is 0 Å². The Balaban J connectivity index is 1.50. The molecule has 0 radical (unpaired) electrons. The number of hydrogen-bond acceptors (Lipinski definition) is 2. The Hall–Kier alpha value is -2.13. The predicted molar refractivity (Wildman–Crippen MR) is 101 cm³/mol. The number of piperidine rings is 1. The first kappa shape index (κ1) is 16.3. The molecule has 2 N–H and O–H groups in total. The molecule has 1 fully saturated rings. The number of carbonyl (C=O) groups is 1. The second-order valence-electron chi connectivity index (χ2n) is 7.34. The van der Waals surface area contributed by atoms with Gasteiger partial charge in [-0.2, -0.15) is 0 Å². The summed E-state index contributed by atoms with van der Waals surface area (Å²) < 4.78 is 0. The van der Waals surface area contributed by atoms with Gasteiger partial charge in [-0.1, -0.05) is 54.6 Å². The highest BCUT2D eigenvalue weighted by molar-refractivity contribution is 5.88. The van der Waals surface area contributed by atoms with Gasteiger partial charge in [-0.3, -0.25) is 4.79 Å². The third-order valence-electron chi connectivity index (χ3n) is 5.98.